The molecule has 2 amide bonds. The van der Waals surface area contributed by atoms with E-state index in [2.05, 4.69) is 15.6 Å². The molecule has 0 spiro atoms. The largest absolute Gasteiger partial charge is 0.359 e. The molecule has 6 heteroatoms. The molecule has 0 aromatic carbocycles. The maximum atomic E-state index is 11.8. The number of rotatable bonds is 7. The van der Waals surface area contributed by atoms with E-state index in [1.54, 1.807) is 7.05 Å². The predicted octanol–water partition coefficient (Wildman–Crippen LogP) is -0.00530. The van der Waals surface area contributed by atoms with Gasteiger partial charge in [0.15, 0.2) is 0 Å². The van der Waals surface area contributed by atoms with E-state index < -0.39 is 0 Å². The van der Waals surface area contributed by atoms with E-state index in [-0.39, 0.29) is 17.2 Å². The van der Waals surface area contributed by atoms with Crippen LogP contribution in [0.1, 0.15) is 39.0 Å². The minimum absolute atomic E-state index is 0.103. The van der Waals surface area contributed by atoms with E-state index >= 15 is 0 Å². The number of hydrogen-bond donors (Lipinski definition) is 3. The Kier molecular flexibility index (Phi) is 6.24. The zero-order valence-corrected chi connectivity index (χ0v) is 12.0. The van der Waals surface area contributed by atoms with Crippen molar-refractivity contribution in [1.82, 2.24) is 15.6 Å². The molecule has 0 aliphatic carbocycles. The standard InChI is InChI=1S/C13H26N4O2/c1-13(12(19)15-2)7-9-17(10-13)8-5-3-4-6-11(18)16-14/h3-10,14H2,1-2H3,(H,15,19)(H,16,18). The molecule has 1 saturated heterocycles. The first-order valence-electron chi connectivity index (χ1n) is 6.96. The summed E-state index contributed by atoms with van der Waals surface area (Å²) < 4.78 is 0. The molecular weight excluding hydrogens is 244 g/mol. The van der Waals surface area contributed by atoms with Crippen LogP contribution in [-0.4, -0.2) is 43.4 Å². The smallest absolute Gasteiger partial charge is 0.233 e. The van der Waals surface area contributed by atoms with Gasteiger partial charge in [0.1, 0.15) is 0 Å². The topological polar surface area (TPSA) is 87.5 Å². The van der Waals surface area contributed by atoms with Crippen molar-refractivity contribution in [3.05, 3.63) is 0 Å². The molecule has 1 unspecified atom stereocenters. The Hall–Kier alpha value is -1.14. The molecule has 1 fully saturated rings. The molecule has 0 saturated carbocycles. The number of unbranched alkanes of at least 4 members (excludes halogenated alkanes) is 2. The van der Waals surface area contributed by atoms with Crippen LogP contribution in [0.25, 0.3) is 0 Å². The lowest BCUT2D eigenvalue weighted by molar-refractivity contribution is -0.129. The van der Waals surface area contributed by atoms with Crippen LogP contribution in [0.5, 0.6) is 0 Å². The quantitative estimate of drug-likeness (QED) is 0.263. The second-order valence-electron chi connectivity index (χ2n) is 5.54. The van der Waals surface area contributed by atoms with Gasteiger partial charge in [-0.3, -0.25) is 15.0 Å². The van der Waals surface area contributed by atoms with Crippen molar-refractivity contribution in [2.45, 2.75) is 39.0 Å². The highest BCUT2D eigenvalue weighted by Gasteiger charge is 2.39. The maximum Gasteiger partial charge on any atom is 0.233 e. The average molecular weight is 270 g/mol. The van der Waals surface area contributed by atoms with Crippen molar-refractivity contribution in [3.63, 3.8) is 0 Å². The summed E-state index contributed by atoms with van der Waals surface area (Å²) in [7, 11) is 1.69. The van der Waals surface area contributed by atoms with E-state index in [1.807, 2.05) is 6.92 Å². The normalized spacial score (nSPS) is 23.3. The van der Waals surface area contributed by atoms with E-state index in [9.17, 15) is 9.59 Å². The van der Waals surface area contributed by atoms with Crippen molar-refractivity contribution in [2.24, 2.45) is 11.3 Å². The second kappa shape index (κ2) is 7.45. The second-order valence-corrected chi connectivity index (χ2v) is 5.54. The summed E-state index contributed by atoms with van der Waals surface area (Å²) in [6.45, 7) is 4.83. The molecule has 4 N–H and O–H groups in total. The lowest BCUT2D eigenvalue weighted by Gasteiger charge is -2.22. The molecule has 6 nitrogen and oxygen atoms in total. The fraction of sp³-hybridized carbons (Fsp3) is 0.846. The van der Waals surface area contributed by atoms with Crippen LogP contribution in [0.2, 0.25) is 0 Å². The van der Waals surface area contributed by atoms with Gasteiger partial charge in [-0.1, -0.05) is 6.42 Å². The summed E-state index contributed by atoms with van der Waals surface area (Å²) in [5.74, 6) is 5.04. The molecular formula is C13H26N4O2. The molecule has 1 aliphatic heterocycles. The van der Waals surface area contributed by atoms with Gasteiger partial charge in [-0.05, 0) is 39.3 Å². The van der Waals surface area contributed by atoms with Crippen LogP contribution < -0.4 is 16.6 Å². The molecule has 110 valence electrons. The number of carbonyl (C=O) groups excluding carboxylic acids is 2. The highest BCUT2D eigenvalue weighted by Crippen LogP contribution is 2.30. The van der Waals surface area contributed by atoms with E-state index in [1.165, 1.54) is 0 Å². The van der Waals surface area contributed by atoms with Gasteiger partial charge < -0.3 is 10.2 Å². The lowest BCUT2D eigenvalue weighted by atomic mass is 9.89. The Labute approximate surface area is 115 Å². The summed E-state index contributed by atoms with van der Waals surface area (Å²) >= 11 is 0. The number of likely N-dealkylation sites (tertiary alicyclic amines) is 1. The van der Waals surface area contributed by atoms with Gasteiger partial charge in [-0.15, -0.1) is 0 Å². The number of hydrogen-bond acceptors (Lipinski definition) is 4. The molecule has 0 radical (unpaired) electrons. The van der Waals surface area contributed by atoms with Gasteiger partial charge in [-0.2, -0.15) is 0 Å². The monoisotopic (exact) mass is 270 g/mol. The number of amides is 2. The minimum Gasteiger partial charge on any atom is -0.359 e. The number of nitrogens with zero attached hydrogens (tertiary/aromatic N) is 1. The van der Waals surface area contributed by atoms with E-state index in [0.29, 0.717) is 6.42 Å². The van der Waals surface area contributed by atoms with Gasteiger partial charge in [0.05, 0.1) is 5.41 Å². The van der Waals surface area contributed by atoms with Gasteiger partial charge in [0, 0.05) is 20.0 Å². The van der Waals surface area contributed by atoms with E-state index in [0.717, 1.165) is 45.3 Å². The molecule has 0 bridgehead atoms. The SMILES string of the molecule is CNC(=O)C1(C)CCN(CCCCCC(=O)NN)C1. The van der Waals surface area contributed by atoms with Crippen LogP contribution in [0, 0.1) is 5.41 Å². The molecule has 0 aromatic heterocycles. The Balaban J connectivity index is 2.16. The first-order valence-corrected chi connectivity index (χ1v) is 6.96. The lowest BCUT2D eigenvalue weighted by Crippen LogP contribution is -2.39. The Morgan fingerprint density at radius 2 is 2.05 bits per heavy atom. The Morgan fingerprint density at radius 3 is 2.68 bits per heavy atom. The molecule has 1 heterocycles. The molecule has 1 aliphatic rings. The van der Waals surface area contributed by atoms with Gasteiger partial charge in [0.2, 0.25) is 11.8 Å². The van der Waals surface area contributed by atoms with Crippen LogP contribution >= 0.6 is 0 Å². The molecule has 0 aromatic rings. The van der Waals surface area contributed by atoms with Crippen molar-refractivity contribution >= 4 is 11.8 Å². The van der Waals surface area contributed by atoms with Crippen LogP contribution in [0.15, 0.2) is 0 Å². The zero-order valence-electron chi connectivity index (χ0n) is 12.0. The third-order valence-corrected chi connectivity index (χ3v) is 3.87. The molecule has 19 heavy (non-hydrogen) atoms. The maximum absolute atomic E-state index is 11.8. The van der Waals surface area contributed by atoms with Crippen molar-refractivity contribution in [3.8, 4) is 0 Å². The number of hydrazine groups is 1. The predicted molar refractivity (Wildman–Crippen MR) is 74.0 cm³/mol. The number of nitrogens with one attached hydrogen (secondary N) is 2. The van der Waals surface area contributed by atoms with Crippen LogP contribution in [0.3, 0.4) is 0 Å². The van der Waals surface area contributed by atoms with Crippen molar-refractivity contribution in [2.75, 3.05) is 26.7 Å². The first kappa shape index (κ1) is 15.9. The fourth-order valence-corrected chi connectivity index (χ4v) is 2.60. The summed E-state index contributed by atoms with van der Waals surface area (Å²) in [6.07, 6.45) is 4.35. The zero-order chi connectivity index (χ0) is 14.3. The van der Waals surface area contributed by atoms with Crippen LogP contribution in [-0.2, 0) is 9.59 Å². The molecule has 1 atom stereocenters. The number of nitrogens with two attached hydrogens (primary N) is 1. The van der Waals surface area contributed by atoms with Gasteiger partial charge in [0.25, 0.3) is 0 Å². The number of carbonyl (C=O) groups is 2. The Bertz CT molecular complexity index is 322. The van der Waals surface area contributed by atoms with Crippen molar-refractivity contribution in [1.29, 1.82) is 0 Å². The summed E-state index contributed by atoms with van der Waals surface area (Å²) in [4.78, 5) is 25.0. The van der Waals surface area contributed by atoms with Crippen molar-refractivity contribution < 1.29 is 9.59 Å². The van der Waals surface area contributed by atoms with Gasteiger partial charge >= 0.3 is 0 Å². The van der Waals surface area contributed by atoms with Crippen LogP contribution in [0.4, 0.5) is 0 Å². The van der Waals surface area contributed by atoms with Gasteiger partial charge in [-0.25, -0.2) is 5.84 Å². The third-order valence-electron chi connectivity index (χ3n) is 3.87. The van der Waals surface area contributed by atoms with E-state index in [4.69, 9.17) is 5.84 Å². The Morgan fingerprint density at radius 1 is 1.32 bits per heavy atom. The first-order chi connectivity index (χ1) is 9.01. The third kappa shape index (κ3) is 4.80. The highest BCUT2D eigenvalue weighted by molar-refractivity contribution is 5.82. The summed E-state index contributed by atoms with van der Waals surface area (Å²) in [5.41, 5.74) is 1.89. The molecule has 1 rings (SSSR count). The highest BCUT2D eigenvalue weighted by atomic mass is 16.2. The summed E-state index contributed by atoms with van der Waals surface area (Å²) in [6, 6.07) is 0. The summed E-state index contributed by atoms with van der Waals surface area (Å²) in [5, 5.41) is 2.74. The average Bonchev–Trinajstić information content (AvgIpc) is 2.80. The minimum atomic E-state index is -0.242. The fourth-order valence-electron chi connectivity index (χ4n) is 2.60.